The van der Waals surface area contributed by atoms with Gasteiger partial charge in [-0.05, 0) is 61.6 Å². The highest BCUT2D eigenvalue weighted by atomic mass is 32.2. The zero-order chi connectivity index (χ0) is 19.4. The highest BCUT2D eigenvalue weighted by Gasteiger charge is 2.33. The summed E-state index contributed by atoms with van der Waals surface area (Å²) in [6.07, 6.45) is 2.99. The van der Waals surface area contributed by atoms with Crippen LogP contribution in [0.1, 0.15) is 48.2 Å². The van der Waals surface area contributed by atoms with Crippen molar-refractivity contribution in [3.8, 4) is 5.75 Å². The highest BCUT2D eigenvalue weighted by molar-refractivity contribution is 7.87. The molecule has 1 amide bonds. The molecule has 3 rings (SSSR count). The van der Waals surface area contributed by atoms with Crippen molar-refractivity contribution in [2.75, 3.05) is 5.75 Å². The molecule has 0 heterocycles. The largest absolute Gasteiger partial charge is 0.382 e. The molecule has 6 heteroatoms. The van der Waals surface area contributed by atoms with Gasteiger partial charge in [-0.3, -0.25) is 4.79 Å². The summed E-state index contributed by atoms with van der Waals surface area (Å²) in [6.45, 7) is 4.13. The topological polar surface area (TPSA) is 63.7 Å². The Morgan fingerprint density at radius 3 is 2.11 bits per heavy atom. The van der Waals surface area contributed by atoms with E-state index in [0.29, 0.717) is 17.9 Å². The standard InChI is InChI=1S/C21H25NO4S/c1-3-16-5-9-18(10-6-16)21(23)22(19-11-12-19)15-17-7-13-20(14-8-17)26-27(24,25)4-2/h5-10,13-14,19H,3-4,11-12,15H2,1-2H3. The number of hydrogen-bond acceptors (Lipinski definition) is 4. The van der Waals surface area contributed by atoms with E-state index in [1.807, 2.05) is 41.3 Å². The minimum Gasteiger partial charge on any atom is -0.382 e. The van der Waals surface area contributed by atoms with Gasteiger partial charge in [-0.2, -0.15) is 8.42 Å². The van der Waals surface area contributed by atoms with Crippen molar-refractivity contribution in [2.24, 2.45) is 0 Å². The first kappa shape index (κ1) is 19.4. The molecule has 0 atom stereocenters. The van der Waals surface area contributed by atoms with Crippen LogP contribution in [-0.2, 0) is 23.1 Å². The lowest BCUT2D eigenvalue weighted by Crippen LogP contribution is -2.32. The smallest absolute Gasteiger partial charge is 0.308 e. The van der Waals surface area contributed by atoms with E-state index in [2.05, 4.69) is 6.92 Å². The highest BCUT2D eigenvalue weighted by Crippen LogP contribution is 2.30. The Morgan fingerprint density at radius 1 is 1.00 bits per heavy atom. The minimum atomic E-state index is -3.53. The van der Waals surface area contributed by atoms with Crippen LogP contribution in [0.15, 0.2) is 48.5 Å². The number of rotatable bonds is 8. The Kier molecular flexibility index (Phi) is 5.85. The third kappa shape index (κ3) is 5.10. The molecule has 1 saturated carbocycles. The normalized spacial score (nSPS) is 14.0. The third-order valence-corrected chi connectivity index (χ3v) is 5.86. The number of amides is 1. The first-order valence-electron chi connectivity index (χ1n) is 9.33. The monoisotopic (exact) mass is 387 g/mol. The zero-order valence-electron chi connectivity index (χ0n) is 15.7. The van der Waals surface area contributed by atoms with Gasteiger partial charge in [0, 0.05) is 18.2 Å². The summed E-state index contributed by atoms with van der Waals surface area (Å²) in [5, 5.41) is 0. The maximum Gasteiger partial charge on any atom is 0.308 e. The molecule has 0 radical (unpaired) electrons. The van der Waals surface area contributed by atoms with Crippen LogP contribution < -0.4 is 4.18 Å². The van der Waals surface area contributed by atoms with Crippen molar-refractivity contribution < 1.29 is 17.4 Å². The summed E-state index contributed by atoms with van der Waals surface area (Å²) in [5.74, 6) is 0.254. The second-order valence-electron chi connectivity index (χ2n) is 6.79. The Morgan fingerprint density at radius 2 is 1.59 bits per heavy atom. The molecule has 144 valence electrons. The zero-order valence-corrected chi connectivity index (χ0v) is 16.5. The lowest BCUT2D eigenvalue weighted by Gasteiger charge is -2.23. The molecular weight excluding hydrogens is 362 g/mol. The molecule has 0 unspecified atom stereocenters. The number of carbonyl (C=O) groups excluding carboxylic acids is 1. The van der Waals surface area contributed by atoms with Gasteiger partial charge < -0.3 is 9.08 Å². The molecule has 0 bridgehead atoms. The quantitative estimate of drug-likeness (QED) is 0.647. The van der Waals surface area contributed by atoms with Gasteiger partial charge >= 0.3 is 10.1 Å². The molecule has 1 aliphatic carbocycles. The molecule has 27 heavy (non-hydrogen) atoms. The number of benzene rings is 2. The van der Waals surface area contributed by atoms with Gasteiger partial charge in [-0.25, -0.2) is 0 Å². The molecular formula is C21H25NO4S. The van der Waals surface area contributed by atoms with Crippen LogP contribution in [0.5, 0.6) is 5.75 Å². The molecule has 0 N–H and O–H groups in total. The molecule has 0 aromatic heterocycles. The molecule has 2 aromatic rings. The molecule has 1 aliphatic rings. The molecule has 0 spiro atoms. The Hall–Kier alpha value is -2.34. The van der Waals surface area contributed by atoms with E-state index in [9.17, 15) is 13.2 Å². The van der Waals surface area contributed by atoms with Crippen molar-refractivity contribution in [2.45, 2.75) is 45.7 Å². The Bertz CT molecular complexity index is 885. The van der Waals surface area contributed by atoms with Crippen LogP contribution in [0.4, 0.5) is 0 Å². The lowest BCUT2D eigenvalue weighted by atomic mass is 10.1. The van der Waals surface area contributed by atoms with Crippen LogP contribution in [0.25, 0.3) is 0 Å². The fourth-order valence-corrected chi connectivity index (χ4v) is 3.38. The van der Waals surface area contributed by atoms with Crippen LogP contribution in [-0.4, -0.2) is 31.0 Å². The second kappa shape index (κ2) is 8.13. The molecule has 1 fully saturated rings. The SMILES string of the molecule is CCc1ccc(C(=O)N(Cc2ccc(OS(=O)(=O)CC)cc2)C2CC2)cc1. The summed E-state index contributed by atoms with van der Waals surface area (Å²) in [5.41, 5.74) is 2.86. The van der Waals surface area contributed by atoms with Gasteiger partial charge in [-0.1, -0.05) is 31.2 Å². The van der Waals surface area contributed by atoms with Crippen LogP contribution in [0.2, 0.25) is 0 Å². The lowest BCUT2D eigenvalue weighted by molar-refractivity contribution is 0.0730. The predicted octanol–water partition coefficient (Wildman–Crippen LogP) is 3.78. The summed E-state index contributed by atoms with van der Waals surface area (Å²) >= 11 is 0. The average Bonchev–Trinajstić information content (AvgIpc) is 3.52. The Balaban J connectivity index is 1.71. The maximum atomic E-state index is 12.9. The van der Waals surface area contributed by atoms with Crippen LogP contribution >= 0.6 is 0 Å². The van der Waals surface area contributed by atoms with Crippen molar-refractivity contribution >= 4 is 16.0 Å². The summed E-state index contributed by atoms with van der Waals surface area (Å²) in [4.78, 5) is 14.8. The van der Waals surface area contributed by atoms with E-state index in [0.717, 1.165) is 24.8 Å². The fraction of sp³-hybridized carbons (Fsp3) is 0.381. The van der Waals surface area contributed by atoms with E-state index >= 15 is 0 Å². The molecule has 0 saturated heterocycles. The molecule has 5 nitrogen and oxygen atoms in total. The van der Waals surface area contributed by atoms with E-state index in [-0.39, 0.29) is 17.7 Å². The van der Waals surface area contributed by atoms with Gasteiger partial charge in [0.25, 0.3) is 5.91 Å². The van der Waals surface area contributed by atoms with Gasteiger partial charge in [0.15, 0.2) is 0 Å². The van der Waals surface area contributed by atoms with Gasteiger partial charge in [0.2, 0.25) is 0 Å². The minimum absolute atomic E-state index is 0.0361. The van der Waals surface area contributed by atoms with Gasteiger partial charge in [-0.15, -0.1) is 0 Å². The molecule has 0 aliphatic heterocycles. The average molecular weight is 388 g/mol. The number of hydrogen-bond donors (Lipinski definition) is 0. The van der Waals surface area contributed by atoms with Gasteiger partial charge in [0.05, 0.1) is 5.75 Å². The van der Waals surface area contributed by atoms with Crippen molar-refractivity contribution in [1.29, 1.82) is 0 Å². The van der Waals surface area contributed by atoms with Gasteiger partial charge in [0.1, 0.15) is 5.75 Å². The second-order valence-corrected chi connectivity index (χ2v) is 8.65. The number of nitrogens with zero attached hydrogens (tertiary/aromatic N) is 1. The van der Waals surface area contributed by atoms with Crippen molar-refractivity contribution in [1.82, 2.24) is 4.90 Å². The molecule has 2 aromatic carbocycles. The number of aryl methyl sites for hydroxylation is 1. The van der Waals surface area contributed by atoms with E-state index in [1.54, 1.807) is 12.1 Å². The van der Waals surface area contributed by atoms with Crippen molar-refractivity contribution in [3.63, 3.8) is 0 Å². The maximum absolute atomic E-state index is 12.9. The first-order chi connectivity index (χ1) is 12.9. The van der Waals surface area contributed by atoms with Crippen LogP contribution in [0, 0.1) is 0 Å². The van der Waals surface area contributed by atoms with E-state index in [1.165, 1.54) is 12.5 Å². The van der Waals surface area contributed by atoms with Crippen LogP contribution in [0.3, 0.4) is 0 Å². The third-order valence-electron chi connectivity index (χ3n) is 4.71. The fourth-order valence-electron chi connectivity index (χ4n) is 2.85. The first-order valence-corrected chi connectivity index (χ1v) is 10.9. The summed E-state index contributed by atoms with van der Waals surface area (Å²) in [7, 11) is -3.53. The summed E-state index contributed by atoms with van der Waals surface area (Å²) < 4.78 is 28.1. The summed E-state index contributed by atoms with van der Waals surface area (Å²) in [6, 6.07) is 14.9. The van der Waals surface area contributed by atoms with E-state index < -0.39 is 10.1 Å². The Labute approximate surface area is 161 Å². The predicted molar refractivity (Wildman–Crippen MR) is 105 cm³/mol. The van der Waals surface area contributed by atoms with Crippen molar-refractivity contribution in [3.05, 3.63) is 65.2 Å². The number of carbonyl (C=O) groups is 1. The van der Waals surface area contributed by atoms with E-state index in [4.69, 9.17) is 4.18 Å².